The highest BCUT2D eigenvalue weighted by Gasteiger charge is 2.25. The number of ether oxygens (including phenoxy) is 2. The molecule has 3 rings (SSSR count). The molecule has 0 unspecified atom stereocenters. The van der Waals surface area contributed by atoms with Gasteiger partial charge < -0.3 is 14.8 Å². The molecule has 0 atom stereocenters. The summed E-state index contributed by atoms with van der Waals surface area (Å²) in [7, 11) is 0. The highest BCUT2D eigenvalue weighted by Crippen LogP contribution is 2.40. The summed E-state index contributed by atoms with van der Waals surface area (Å²) in [6.07, 6.45) is 3.97. The number of anilines is 1. The number of thiophene rings is 1. The number of hydrogen-bond acceptors (Lipinski definition) is 7. The predicted octanol–water partition coefficient (Wildman–Crippen LogP) is 6.25. The minimum absolute atomic E-state index is 0.0528. The number of non-ortho nitro benzene ring substituents is 1. The molecule has 1 N–H and O–H groups in total. The molecule has 0 radical (unpaired) electrons. The number of aryl methyl sites for hydroxylation is 1. The fourth-order valence-electron chi connectivity index (χ4n) is 3.35. The monoisotopic (exact) mass is 494 g/mol. The van der Waals surface area contributed by atoms with Gasteiger partial charge in [-0.3, -0.25) is 14.9 Å². The molecule has 8 nitrogen and oxygen atoms in total. The van der Waals surface area contributed by atoms with Crippen LogP contribution in [0.1, 0.15) is 41.1 Å². The van der Waals surface area contributed by atoms with Crippen LogP contribution in [0.3, 0.4) is 0 Å². The highest BCUT2D eigenvalue weighted by molar-refractivity contribution is 7.17. The number of carbonyl (C=O) groups excluding carboxylic acids is 2. The summed E-state index contributed by atoms with van der Waals surface area (Å²) in [5.74, 6) is -0.217. The second-order valence-electron chi connectivity index (χ2n) is 7.50. The van der Waals surface area contributed by atoms with Crippen LogP contribution >= 0.6 is 11.3 Å². The summed E-state index contributed by atoms with van der Waals surface area (Å²) in [5.41, 5.74) is 2.19. The first kappa shape index (κ1) is 25.6. The standard InChI is InChI=1S/C26H26N2O6S/c1-4-16-34-21-13-6-18(7-14-21)8-15-22(29)27-25-24(26(30)33-5-2)23(17(3)35-25)19-9-11-20(12-10-19)28(31)32/h6-15H,4-5,16H2,1-3H3,(H,27,29). The minimum Gasteiger partial charge on any atom is -0.494 e. The third-order valence-corrected chi connectivity index (χ3v) is 5.97. The van der Waals surface area contributed by atoms with Crippen molar-refractivity contribution < 1.29 is 24.0 Å². The van der Waals surface area contributed by atoms with Gasteiger partial charge in [0.1, 0.15) is 16.3 Å². The molecule has 0 saturated carbocycles. The maximum absolute atomic E-state index is 12.8. The molecule has 35 heavy (non-hydrogen) atoms. The first-order chi connectivity index (χ1) is 16.8. The summed E-state index contributed by atoms with van der Waals surface area (Å²) in [6, 6.07) is 13.3. The van der Waals surface area contributed by atoms with Crippen molar-refractivity contribution >= 4 is 40.0 Å². The Bertz CT molecular complexity index is 1230. The quantitative estimate of drug-likeness (QED) is 0.154. The van der Waals surface area contributed by atoms with Crippen molar-refractivity contribution in [2.75, 3.05) is 18.5 Å². The van der Waals surface area contributed by atoms with Crippen LogP contribution in [0.15, 0.2) is 54.6 Å². The van der Waals surface area contributed by atoms with E-state index in [0.29, 0.717) is 22.7 Å². The van der Waals surface area contributed by atoms with E-state index in [0.717, 1.165) is 22.6 Å². The Hall–Kier alpha value is -3.98. The van der Waals surface area contributed by atoms with E-state index in [4.69, 9.17) is 9.47 Å². The lowest BCUT2D eigenvalue weighted by Crippen LogP contribution is -2.12. The van der Waals surface area contributed by atoms with E-state index in [1.165, 1.54) is 29.5 Å². The number of nitro groups is 1. The Morgan fingerprint density at radius 3 is 2.37 bits per heavy atom. The molecule has 182 valence electrons. The van der Waals surface area contributed by atoms with Crippen molar-refractivity contribution in [1.29, 1.82) is 0 Å². The van der Waals surface area contributed by atoms with Crippen LogP contribution in [0.5, 0.6) is 5.75 Å². The zero-order chi connectivity index (χ0) is 25.4. The van der Waals surface area contributed by atoms with Crippen molar-refractivity contribution in [3.63, 3.8) is 0 Å². The highest BCUT2D eigenvalue weighted by atomic mass is 32.1. The first-order valence-electron chi connectivity index (χ1n) is 11.1. The van der Waals surface area contributed by atoms with Gasteiger partial charge in [-0.15, -0.1) is 11.3 Å². The fraction of sp³-hybridized carbons (Fsp3) is 0.231. The van der Waals surface area contributed by atoms with Crippen LogP contribution in [0.2, 0.25) is 0 Å². The zero-order valence-electron chi connectivity index (χ0n) is 19.7. The second kappa shape index (κ2) is 11.9. The molecule has 0 aliphatic carbocycles. The first-order valence-corrected chi connectivity index (χ1v) is 11.9. The van der Waals surface area contributed by atoms with E-state index in [9.17, 15) is 19.7 Å². The Labute approximate surface area is 207 Å². The number of benzene rings is 2. The van der Waals surface area contributed by atoms with E-state index in [2.05, 4.69) is 5.32 Å². The van der Waals surface area contributed by atoms with Gasteiger partial charge in [-0.05, 0) is 61.7 Å². The smallest absolute Gasteiger partial charge is 0.341 e. The van der Waals surface area contributed by atoms with Crippen molar-refractivity contribution in [3.8, 4) is 16.9 Å². The molecule has 1 amide bonds. The van der Waals surface area contributed by atoms with Gasteiger partial charge >= 0.3 is 5.97 Å². The van der Waals surface area contributed by atoms with Crippen LogP contribution in [-0.4, -0.2) is 30.0 Å². The summed E-state index contributed by atoms with van der Waals surface area (Å²) < 4.78 is 10.8. The van der Waals surface area contributed by atoms with Gasteiger partial charge in [-0.25, -0.2) is 4.79 Å². The molecule has 0 bridgehead atoms. The van der Waals surface area contributed by atoms with Crippen LogP contribution < -0.4 is 10.1 Å². The second-order valence-corrected chi connectivity index (χ2v) is 8.73. The molecule has 9 heteroatoms. The molecule has 0 fully saturated rings. The zero-order valence-corrected chi connectivity index (χ0v) is 20.5. The molecule has 3 aromatic rings. The Morgan fingerprint density at radius 1 is 1.09 bits per heavy atom. The molecular weight excluding hydrogens is 468 g/mol. The van der Waals surface area contributed by atoms with Crippen molar-refractivity contribution in [2.45, 2.75) is 27.2 Å². The van der Waals surface area contributed by atoms with Crippen LogP contribution in [0.25, 0.3) is 17.2 Å². The van der Waals surface area contributed by atoms with E-state index in [1.54, 1.807) is 25.1 Å². The Balaban J connectivity index is 1.85. The van der Waals surface area contributed by atoms with E-state index in [1.807, 2.05) is 38.1 Å². The summed E-state index contributed by atoms with van der Waals surface area (Å²) in [6.45, 7) is 6.36. The van der Waals surface area contributed by atoms with Gasteiger partial charge in [0.2, 0.25) is 5.91 Å². The largest absolute Gasteiger partial charge is 0.494 e. The number of esters is 1. The normalized spacial score (nSPS) is 10.8. The lowest BCUT2D eigenvalue weighted by molar-refractivity contribution is -0.384. The number of nitrogens with zero attached hydrogens (tertiary/aromatic N) is 1. The molecule has 1 heterocycles. The molecule has 1 aromatic heterocycles. The molecule has 0 saturated heterocycles. The van der Waals surface area contributed by atoms with Crippen molar-refractivity contribution in [2.24, 2.45) is 0 Å². The number of rotatable bonds is 10. The maximum Gasteiger partial charge on any atom is 0.341 e. The number of nitrogens with one attached hydrogen (secondary N) is 1. The molecule has 0 spiro atoms. The summed E-state index contributed by atoms with van der Waals surface area (Å²) >= 11 is 1.24. The van der Waals surface area contributed by atoms with Gasteiger partial charge in [0.25, 0.3) is 5.69 Å². The molecule has 0 aliphatic rings. The number of amides is 1. The van der Waals surface area contributed by atoms with Gasteiger partial charge in [0.15, 0.2) is 0 Å². The van der Waals surface area contributed by atoms with Crippen LogP contribution in [-0.2, 0) is 9.53 Å². The van der Waals surface area contributed by atoms with Crippen LogP contribution in [0, 0.1) is 17.0 Å². The van der Waals surface area contributed by atoms with E-state index >= 15 is 0 Å². The number of carbonyl (C=O) groups is 2. The molecule has 2 aromatic carbocycles. The van der Waals surface area contributed by atoms with Crippen LogP contribution in [0.4, 0.5) is 10.7 Å². The SMILES string of the molecule is CCCOc1ccc(C=CC(=O)Nc2sc(C)c(-c3ccc([N+](=O)[O-])cc3)c2C(=O)OCC)cc1. The molecule has 0 aliphatic heterocycles. The topological polar surface area (TPSA) is 108 Å². The molecular formula is C26H26N2O6S. The van der Waals surface area contributed by atoms with Crippen molar-refractivity contribution in [1.82, 2.24) is 0 Å². The Kier molecular flexibility index (Phi) is 8.74. The minimum atomic E-state index is -0.577. The van der Waals surface area contributed by atoms with E-state index in [-0.39, 0.29) is 17.9 Å². The van der Waals surface area contributed by atoms with Gasteiger partial charge in [0, 0.05) is 28.6 Å². The predicted molar refractivity (Wildman–Crippen MR) is 137 cm³/mol. The number of hydrogen-bond donors (Lipinski definition) is 1. The average molecular weight is 495 g/mol. The third-order valence-electron chi connectivity index (χ3n) is 4.95. The van der Waals surface area contributed by atoms with Gasteiger partial charge in [-0.2, -0.15) is 0 Å². The van der Waals surface area contributed by atoms with Crippen molar-refractivity contribution in [3.05, 3.63) is 80.7 Å². The van der Waals surface area contributed by atoms with Gasteiger partial charge in [-0.1, -0.05) is 19.1 Å². The average Bonchev–Trinajstić information content (AvgIpc) is 3.17. The third kappa shape index (κ3) is 6.54. The summed E-state index contributed by atoms with van der Waals surface area (Å²) in [5, 5.41) is 14.1. The number of nitro benzene ring substituents is 1. The summed E-state index contributed by atoms with van der Waals surface area (Å²) in [4.78, 5) is 36.8. The van der Waals surface area contributed by atoms with E-state index < -0.39 is 16.8 Å². The fourth-order valence-corrected chi connectivity index (χ4v) is 4.42. The Morgan fingerprint density at radius 2 is 1.77 bits per heavy atom. The van der Waals surface area contributed by atoms with Gasteiger partial charge in [0.05, 0.1) is 18.1 Å². The lowest BCUT2D eigenvalue weighted by atomic mass is 10.0. The maximum atomic E-state index is 12.8. The lowest BCUT2D eigenvalue weighted by Gasteiger charge is -2.08.